The number of rotatable bonds is 4. The number of aromatic nitrogens is 3. The number of amides is 2. The van der Waals surface area contributed by atoms with Crippen molar-refractivity contribution in [3.8, 4) is 11.4 Å². The normalized spacial score (nSPS) is 15.1. The summed E-state index contributed by atoms with van der Waals surface area (Å²) >= 11 is 5.31. The molecule has 1 saturated heterocycles. The predicted octanol–water partition coefficient (Wildman–Crippen LogP) is 1.90. The van der Waals surface area contributed by atoms with E-state index in [1.54, 1.807) is 16.5 Å². The van der Waals surface area contributed by atoms with Gasteiger partial charge in [-0.05, 0) is 32.0 Å². The summed E-state index contributed by atoms with van der Waals surface area (Å²) in [6, 6.07) is 7.94. The van der Waals surface area contributed by atoms with E-state index in [4.69, 9.17) is 12.2 Å². The molecule has 26 heavy (non-hydrogen) atoms. The van der Waals surface area contributed by atoms with E-state index < -0.39 is 0 Å². The van der Waals surface area contributed by atoms with Crippen LogP contribution in [0, 0.1) is 17.6 Å². The number of likely N-dealkylation sites (tertiary alicyclic amines) is 1. The Balaban J connectivity index is 1.71. The van der Waals surface area contributed by atoms with Crippen molar-refractivity contribution in [3.05, 3.63) is 34.6 Å². The van der Waals surface area contributed by atoms with E-state index in [1.165, 1.54) is 0 Å². The third kappa shape index (κ3) is 3.85. The number of hydrogen-bond acceptors (Lipinski definition) is 4. The molecule has 1 aliphatic rings. The fraction of sp³-hybridized carbons (Fsp3) is 0.444. The summed E-state index contributed by atoms with van der Waals surface area (Å²) < 4.78 is 2.15. The van der Waals surface area contributed by atoms with Crippen LogP contribution in [0.15, 0.2) is 24.3 Å². The van der Waals surface area contributed by atoms with E-state index in [2.05, 4.69) is 15.5 Å². The minimum Gasteiger partial charge on any atom is -0.359 e. The second kappa shape index (κ2) is 7.82. The molecule has 1 fully saturated rings. The molecule has 1 aromatic heterocycles. The summed E-state index contributed by atoms with van der Waals surface area (Å²) in [7, 11) is 1.65. The number of nitrogens with zero attached hydrogens (tertiary/aromatic N) is 3. The quantitative estimate of drug-likeness (QED) is 0.802. The Morgan fingerprint density at radius 1 is 1.27 bits per heavy atom. The first-order chi connectivity index (χ1) is 12.5. The minimum atomic E-state index is -0.0109. The van der Waals surface area contributed by atoms with Crippen molar-refractivity contribution in [2.24, 2.45) is 5.92 Å². The van der Waals surface area contributed by atoms with Gasteiger partial charge in [-0.25, -0.2) is 0 Å². The van der Waals surface area contributed by atoms with Gasteiger partial charge in [0.05, 0.1) is 0 Å². The topological polar surface area (TPSA) is 83.0 Å². The number of carbonyl (C=O) groups excluding carboxylic acids is 2. The molecular formula is C18H23N5O2S. The Morgan fingerprint density at radius 3 is 2.54 bits per heavy atom. The molecule has 0 bridgehead atoms. The van der Waals surface area contributed by atoms with Crippen LogP contribution >= 0.6 is 12.2 Å². The van der Waals surface area contributed by atoms with E-state index in [-0.39, 0.29) is 24.3 Å². The fourth-order valence-electron chi connectivity index (χ4n) is 3.22. The first-order valence-electron chi connectivity index (χ1n) is 8.71. The average molecular weight is 373 g/mol. The molecule has 0 atom stereocenters. The molecule has 2 amide bonds. The zero-order chi connectivity index (χ0) is 18.7. The molecule has 0 unspecified atom stereocenters. The molecule has 1 aromatic carbocycles. The van der Waals surface area contributed by atoms with Crippen molar-refractivity contribution in [1.82, 2.24) is 25.0 Å². The van der Waals surface area contributed by atoms with E-state index in [9.17, 15) is 9.59 Å². The molecule has 0 spiro atoms. The Labute approximate surface area is 157 Å². The van der Waals surface area contributed by atoms with Gasteiger partial charge in [-0.1, -0.05) is 29.8 Å². The maximum Gasteiger partial charge on any atom is 0.242 e. The number of hydrogen-bond donors (Lipinski definition) is 2. The predicted molar refractivity (Wildman–Crippen MR) is 101 cm³/mol. The van der Waals surface area contributed by atoms with Crippen molar-refractivity contribution in [2.75, 3.05) is 20.1 Å². The fourth-order valence-corrected chi connectivity index (χ4v) is 3.41. The third-order valence-corrected chi connectivity index (χ3v) is 5.14. The monoisotopic (exact) mass is 373 g/mol. The number of nitrogens with one attached hydrogen (secondary N) is 2. The van der Waals surface area contributed by atoms with Gasteiger partial charge in [-0.15, -0.1) is 0 Å². The number of aryl methyl sites for hydroxylation is 1. The van der Waals surface area contributed by atoms with E-state index in [0.29, 0.717) is 36.5 Å². The molecule has 7 nitrogen and oxygen atoms in total. The zero-order valence-electron chi connectivity index (χ0n) is 15.0. The number of benzene rings is 1. The maximum atomic E-state index is 12.7. The van der Waals surface area contributed by atoms with Crippen molar-refractivity contribution in [3.63, 3.8) is 0 Å². The summed E-state index contributed by atoms with van der Waals surface area (Å²) in [5, 5.41) is 9.74. The second-order valence-electron chi connectivity index (χ2n) is 6.57. The highest BCUT2D eigenvalue weighted by Gasteiger charge is 2.27. The summed E-state index contributed by atoms with van der Waals surface area (Å²) in [6.07, 6.45) is 1.38. The van der Waals surface area contributed by atoms with Crippen molar-refractivity contribution < 1.29 is 9.59 Å². The Morgan fingerprint density at radius 2 is 1.92 bits per heavy atom. The van der Waals surface area contributed by atoms with Gasteiger partial charge in [0, 0.05) is 31.6 Å². The number of carbonyl (C=O) groups is 2. The summed E-state index contributed by atoms with van der Waals surface area (Å²) in [5.41, 5.74) is 2.07. The van der Waals surface area contributed by atoms with Crippen LogP contribution in [-0.4, -0.2) is 51.6 Å². The summed E-state index contributed by atoms with van der Waals surface area (Å²) in [6.45, 7) is 3.33. The summed E-state index contributed by atoms with van der Waals surface area (Å²) in [4.78, 5) is 26.2. The van der Waals surface area contributed by atoms with Crippen molar-refractivity contribution in [1.29, 1.82) is 0 Å². The van der Waals surface area contributed by atoms with E-state index in [1.807, 2.05) is 31.2 Å². The summed E-state index contributed by atoms with van der Waals surface area (Å²) in [5.74, 6) is 0.689. The van der Waals surface area contributed by atoms with Crippen LogP contribution in [0.1, 0.15) is 18.4 Å². The van der Waals surface area contributed by atoms with Gasteiger partial charge in [0.2, 0.25) is 11.8 Å². The lowest BCUT2D eigenvalue weighted by molar-refractivity contribution is -0.136. The lowest BCUT2D eigenvalue weighted by atomic mass is 9.96. The minimum absolute atomic E-state index is 0.00813. The highest BCUT2D eigenvalue weighted by Crippen LogP contribution is 2.20. The smallest absolute Gasteiger partial charge is 0.242 e. The maximum absolute atomic E-state index is 12.7. The van der Waals surface area contributed by atoms with Crippen LogP contribution in [0.4, 0.5) is 0 Å². The third-order valence-electron chi connectivity index (χ3n) is 4.83. The molecule has 2 heterocycles. The number of aromatic amines is 1. The van der Waals surface area contributed by atoms with Crippen LogP contribution in [0.5, 0.6) is 0 Å². The highest BCUT2D eigenvalue weighted by molar-refractivity contribution is 7.71. The number of piperidine rings is 1. The lowest BCUT2D eigenvalue weighted by Gasteiger charge is -2.31. The van der Waals surface area contributed by atoms with Crippen LogP contribution in [0.3, 0.4) is 0 Å². The second-order valence-corrected chi connectivity index (χ2v) is 6.96. The standard InChI is InChI=1S/C18H23N5O2S/c1-12-3-5-13(6-4-12)16-20-21-18(26)23(16)11-15(24)22-9-7-14(8-10-22)17(25)19-2/h3-6,14H,7-11H2,1-2H3,(H,19,25)(H,21,26). The van der Waals surface area contributed by atoms with Gasteiger partial charge in [-0.3, -0.25) is 19.3 Å². The largest absolute Gasteiger partial charge is 0.359 e. The molecule has 8 heteroatoms. The van der Waals surface area contributed by atoms with Crippen LogP contribution < -0.4 is 5.32 Å². The first-order valence-corrected chi connectivity index (χ1v) is 9.12. The van der Waals surface area contributed by atoms with E-state index in [0.717, 1.165) is 11.1 Å². The Kier molecular flexibility index (Phi) is 5.51. The molecule has 0 radical (unpaired) electrons. The SMILES string of the molecule is CNC(=O)C1CCN(C(=O)Cn2c(-c3ccc(C)cc3)n[nH]c2=S)CC1. The van der Waals surface area contributed by atoms with E-state index >= 15 is 0 Å². The molecule has 2 N–H and O–H groups in total. The molecule has 138 valence electrons. The zero-order valence-corrected chi connectivity index (χ0v) is 15.8. The van der Waals surface area contributed by atoms with Crippen molar-refractivity contribution in [2.45, 2.75) is 26.3 Å². The highest BCUT2D eigenvalue weighted by atomic mass is 32.1. The van der Waals surface area contributed by atoms with Gasteiger partial charge in [0.1, 0.15) is 6.54 Å². The molecule has 3 rings (SSSR count). The average Bonchev–Trinajstić information content (AvgIpc) is 3.02. The molecular weight excluding hydrogens is 350 g/mol. The van der Waals surface area contributed by atoms with Gasteiger partial charge in [0.15, 0.2) is 10.6 Å². The Hall–Kier alpha value is -2.48. The molecule has 2 aromatic rings. The molecule has 0 saturated carbocycles. The van der Waals surface area contributed by atoms with Crippen LogP contribution in [0.2, 0.25) is 0 Å². The van der Waals surface area contributed by atoms with Gasteiger partial charge < -0.3 is 10.2 Å². The first kappa shape index (κ1) is 18.3. The Bertz CT molecular complexity index is 847. The molecule has 0 aliphatic carbocycles. The van der Waals surface area contributed by atoms with Crippen LogP contribution in [0.25, 0.3) is 11.4 Å². The van der Waals surface area contributed by atoms with Gasteiger partial charge >= 0.3 is 0 Å². The molecule has 1 aliphatic heterocycles. The lowest BCUT2D eigenvalue weighted by Crippen LogP contribution is -2.43. The number of H-pyrrole nitrogens is 1. The van der Waals surface area contributed by atoms with Crippen molar-refractivity contribution >= 4 is 24.0 Å². The van der Waals surface area contributed by atoms with Gasteiger partial charge in [0.25, 0.3) is 0 Å². The van der Waals surface area contributed by atoms with Gasteiger partial charge in [-0.2, -0.15) is 5.10 Å². The van der Waals surface area contributed by atoms with Crippen LogP contribution in [-0.2, 0) is 16.1 Å².